The van der Waals surface area contributed by atoms with E-state index >= 15 is 0 Å². The van der Waals surface area contributed by atoms with Gasteiger partial charge in [-0.05, 0) is 73.6 Å². The van der Waals surface area contributed by atoms with E-state index in [4.69, 9.17) is 0 Å². The van der Waals surface area contributed by atoms with Gasteiger partial charge in [-0.15, -0.1) is 0 Å². The lowest BCUT2D eigenvalue weighted by atomic mass is 10.1. The average molecular weight is 494 g/mol. The number of rotatable bonds is 7. The molecule has 0 aliphatic carbocycles. The molecule has 2 aromatic heterocycles. The molecule has 3 heterocycles. The molecule has 1 saturated heterocycles. The Labute approximate surface area is 217 Å². The molecule has 1 aliphatic rings. The van der Waals surface area contributed by atoms with Gasteiger partial charge in [0.25, 0.3) is 5.91 Å². The van der Waals surface area contributed by atoms with Gasteiger partial charge in [0.05, 0.1) is 5.69 Å². The van der Waals surface area contributed by atoms with E-state index in [1.807, 2.05) is 55.5 Å². The first-order valence-corrected chi connectivity index (χ1v) is 12.6. The van der Waals surface area contributed by atoms with Gasteiger partial charge in [-0.1, -0.05) is 13.0 Å². The standard InChI is InChI=1S/C29H31N7O/c1-3-35-15-17-36(18-16-35)25-10-8-24(9-11-25)32-28(37)22-7-6-21(2)27(19-22)34-29-31-14-12-26(33-29)23-5-4-13-30-20-23/h4-14,19-20H,3,15-18H2,1-2H3,(H,32,37)(H,31,33,34). The van der Waals surface area contributed by atoms with Gasteiger partial charge in [0.2, 0.25) is 5.95 Å². The van der Waals surface area contributed by atoms with Crippen molar-refractivity contribution in [2.45, 2.75) is 13.8 Å². The summed E-state index contributed by atoms with van der Waals surface area (Å²) in [7, 11) is 0. The molecule has 1 aliphatic heterocycles. The van der Waals surface area contributed by atoms with Gasteiger partial charge in [-0.2, -0.15) is 0 Å². The second-order valence-corrected chi connectivity index (χ2v) is 9.08. The summed E-state index contributed by atoms with van der Waals surface area (Å²) >= 11 is 0. The Bertz CT molecular complexity index is 1350. The van der Waals surface area contributed by atoms with E-state index in [0.717, 1.165) is 60.9 Å². The second-order valence-electron chi connectivity index (χ2n) is 9.08. The number of likely N-dealkylation sites (N-methyl/N-ethyl adjacent to an activating group) is 1. The van der Waals surface area contributed by atoms with Crippen LogP contribution in [0.25, 0.3) is 11.3 Å². The Hall–Kier alpha value is -4.30. The molecule has 2 N–H and O–H groups in total. The molecule has 2 aromatic carbocycles. The predicted molar refractivity (Wildman–Crippen MR) is 148 cm³/mol. The van der Waals surface area contributed by atoms with E-state index in [1.165, 1.54) is 5.69 Å². The van der Waals surface area contributed by atoms with Gasteiger partial charge >= 0.3 is 0 Å². The molecular formula is C29H31N7O. The van der Waals surface area contributed by atoms with Crippen LogP contribution in [-0.4, -0.2) is 58.5 Å². The van der Waals surface area contributed by atoms with Crippen LogP contribution in [0.4, 0.5) is 23.0 Å². The van der Waals surface area contributed by atoms with Crippen molar-refractivity contribution >= 4 is 28.9 Å². The van der Waals surface area contributed by atoms with Crippen LogP contribution in [0.1, 0.15) is 22.8 Å². The molecule has 0 atom stereocenters. The Morgan fingerprint density at radius 1 is 0.973 bits per heavy atom. The lowest BCUT2D eigenvalue weighted by Crippen LogP contribution is -2.46. The lowest BCUT2D eigenvalue weighted by molar-refractivity contribution is 0.102. The van der Waals surface area contributed by atoms with Gasteiger partial charge < -0.3 is 20.4 Å². The SMILES string of the molecule is CCN1CCN(c2ccc(NC(=O)c3ccc(C)c(Nc4nccc(-c5cccnc5)n4)c3)cc2)CC1. The summed E-state index contributed by atoms with van der Waals surface area (Å²) in [5.74, 6) is 0.287. The number of aryl methyl sites for hydroxylation is 1. The highest BCUT2D eigenvalue weighted by atomic mass is 16.1. The van der Waals surface area contributed by atoms with Gasteiger partial charge in [0, 0.05) is 73.0 Å². The lowest BCUT2D eigenvalue weighted by Gasteiger charge is -2.35. The fourth-order valence-corrected chi connectivity index (χ4v) is 4.39. The minimum Gasteiger partial charge on any atom is -0.369 e. The number of amides is 1. The topological polar surface area (TPSA) is 86.3 Å². The minimum absolute atomic E-state index is 0.169. The van der Waals surface area contributed by atoms with Crippen molar-refractivity contribution in [3.63, 3.8) is 0 Å². The fraction of sp³-hybridized carbons (Fsp3) is 0.241. The molecule has 0 bridgehead atoms. The van der Waals surface area contributed by atoms with E-state index in [1.54, 1.807) is 18.6 Å². The van der Waals surface area contributed by atoms with Crippen molar-refractivity contribution in [1.29, 1.82) is 0 Å². The molecule has 8 heteroatoms. The molecule has 188 valence electrons. The molecule has 0 saturated carbocycles. The summed E-state index contributed by atoms with van der Waals surface area (Å²) in [6.07, 6.45) is 5.20. The third kappa shape index (κ3) is 5.92. The number of nitrogens with zero attached hydrogens (tertiary/aromatic N) is 5. The van der Waals surface area contributed by atoms with Crippen LogP contribution in [0, 0.1) is 6.92 Å². The van der Waals surface area contributed by atoms with Gasteiger partial charge in [0.15, 0.2) is 0 Å². The van der Waals surface area contributed by atoms with Gasteiger partial charge in [0.1, 0.15) is 0 Å². The molecule has 5 rings (SSSR count). The van der Waals surface area contributed by atoms with Crippen LogP contribution in [0.5, 0.6) is 0 Å². The number of piperazine rings is 1. The Morgan fingerprint density at radius 2 is 1.78 bits per heavy atom. The number of carbonyl (C=O) groups is 1. The van der Waals surface area contributed by atoms with Gasteiger partial charge in [-0.3, -0.25) is 9.78 Å². The van der Waals surface area contributed by atoms with Crippen LogP contribution in [0.3, 0.4) is 0 Å². The first kappa shape index (κ1) is 24.4. The van der Waals surface area contributed by atoms with Crippen LogP contribution < -0.4 is 15.5 Å². The quantitative estimate of drug-likeness (QED) is 0.375. The van der Waals surface area contributed by atoms with Gasteiger partial charge in [-0.25, -0.2) is 9.97 Å². The smallest absolute Gasteiger partial charge is 0.255 e. The zero-order chi connectivity index (χ0) is 25.6. The molecule has 37 heavy (non-hydrogen) atoms. The summed E-state index contributed by atoms with van der Waals surface area (Å²) in [6, 6.07) is 19.3. The van der Waals surface area contributed by atoms with E-state index in [-0.39, 0.29) is 5.91 Å². The Balaban J connectivity index is 1.25. The van der Waals surface area contributed by atoms with Crippen molar-refractivity contribution in [1.82, 2.24) is 19.9 Å². The summed E-state index contributed by atoms with van der Waals surface area (Å²) in [4.78, 5) is 31.0. The molecule has 0 spiro atoms. The number of hydrogen-bond acceptors (Lipinski definition) is 7. The van der Waals surface area contributed by atoms with E-state index < -0.39 is 0 Å². The van der Waals surface area contributed by atoms with Crippen molar-refractivity contribution in [3.8, 4) is 11.3 Å². The predicted octanol–water partition coefficient (Wildman–Crippen LogP) is 4.98. The summed E-state index contributed by atoms with van der Waals surface area (Å²) in [5.41, 5.74) is 5.95. The fourth-order valence-electron chi connectivity index (χ4n) is 4.39. The monoisotopic (exact) mass is 493 g/mol. The maximum atomic E-state index is 13.0. The molecule has 0 unspecified atom stereocenters. The van der Waals surface area contributed by atoms with Crippen LogP contribution >= 0.6 is 0 Å². The van der Waals surface area contributed by atoms with E-state index in [2.05, 4.69) is 54.4 Å². The number of nitrogens with one attached hydrogen (secondary N) is 2. The Morgan fingerprint density at radius 3 is 2.51 bits per heavy atom. The van der Waals surface area contributed by atoms with E-state index in [0.29, 0.717) is 11.5 Å². The summed E-state index contributed by atoms with van der Waals surface area (Å²) in [6.45, 7) is 9.49. The van der Waals surface area contributed by atoms with Crippen molar-refractivity contribution < 1.29 is 4.79 Å². The highest BCUT2D eigenvalue weighted by Gasteiger charge is 2.16. The molecule has 0 radical (unpaired) electrons. The highest BCUT2D eigenvalue weighted by Crippen LogP contribution is 2.24. The molecular weight excluding hydrogens is 462 g/mol. The second kappa shape index (κ2) is 11.2. The number of anilines is 4. The molecule has 4 aromatic rings. The van der Waals surface area contributed by atoms with E-state index in [9.17, 15) is 4.79 Å². The first-order chi connectivity index (χ1) is 18.1. The normalized spacial score (nSPS) is 13.8. The van der Waals surface area contributed by atoms with Crippen molar-refractivity contribution in [2.75, 3.05) is 48.3 Å². The largest absolute Gasteiger partial charge is 0.369 e. The number of hydrogen-bond donors (Lipinski definition) is 2. The zero-order valence-electron chi connectivity index (χ0n) is 21.2. The number of aromatic nitrogens is 3. The number of pyridine rings is 1. The molecule has 1 fully saturated rings. The minimum atomic E-state index is -0.169. The highest BCUT2D eigenvalue weighted by molar-refractivity contribution is 6.05. The number of benzene rings is 2. The van der Waals surface area contributed by atoms with Crippen molar-refractivity contribution in [2.24, 2.45) is 0 Å². The molecule has 8 nitrogen and oxygen atoms in total. The van der Waals surface area contributed by atoms with Crippen LogP contribution in [0.15, 0.2) is 79.3 Å². The zero-order valence-corrected chi connectivity index (χ0v) is 21.2. The Kier molecular flexibility index (Phi) is 7.37. The van der Waals surface area contributed by atoms with Crippen molar-refractivity contribution in [3.05, 3.63) is 90.4 Å². The number of carbonyl (C=O) groups excluding carboxylic acids is 1. The maximum Gasteiger partial charge on any atom is 0.255 e. The first-order valence-electron chi connectivity index (χ1n) is 12.6. The summed E-state index contributed by atoms with van der Waals surface area (Å²) in [5, 5.41) is 6.28. The maximum absolute atomic E-state index is 13.0. The molecule has 1 amide bonds. The summed E-state index contributed by atoms with van der Waals surface area (Å²) < 4.78 is 0. The average Bonchev–Trinajstić information content (AvgIpc) is 2.95. The third-order valence-electron chi connectivity index (χ3n) is 6.67. The third-order valence-corrected chi connectivity index (χ3v) is 6.67. The van der Waals surface area contributed by atoms with Crippen LogP contribution in [-0.2, 0) is 0 Å². The van der Waals surface area contributed by atoms with Crippen LogP contribution in [0.2, 0.25) is 0 Å².